The third-order valence-electron chi connectivity index (χ3n) is 3.90. The Balaban J connectivity index is 2.45. The van der Waals surface area contributed by atoms with Gasteiger partial charge in [0.15, 0.2) is 6.04 Å². The molecule has 1 saturated carbocycles. The summed E-state index contributed by atoms with van der Waals surface area (Å²) < 4.78 is 0. The molecule has 2 atom stereocenters. The fourth-order valence-corrected chi connectivity index (χ4v) is 3.05. The molecule has 6 heteroatoms. The summed E-state index contributed by atoms with van der Waals surface area (Å²) in [6, 6.07) is 0.830. The van der Waals surface area contributed by atoms with Crippen molar-refractivity contribution in [3.63, 3.8) is 0 Å². The van der Waals surface area contributed by atoms with Gasteiger partial charge in [0.2, 0.25) is 5.91 Å². The average molecular weight is 235 g/mol. The van der Waals surface area contributed by atoms with Gasteiger partial charge < -0.3 is 0 Å². The van der Waals surface area contributed by atoms with E-state index in [2.05, 4.69) is 10.5 Å². The largest absolute Gasteiger partial charge is 0.293 e. The Labute approximate surface area is 98.3 Å². The SMILES string of the molecule is N#CC1C(=O)NC(=O)C(N=O)C12CCCCC2. The predicted octanol–water partition coefficient (Wildman–Crippen LogP) is 0.868. The van der Waals surface area contributed by atoms with E-state index in [9.17, 15) is 14.5 Å². The second kappa shape index (κ2) is 4.24. The molecule has 1 heterocycles. The summed E-state index contributed by atoms with van der Waals surface area (Å²) in [6.07, 6.45) is 3.73. The molecule has 2 fully saturated rings. The Morgan fingerprint density at radius 2 is 1.88 bits per heavy atom. The van der Waals surface area contributed by atoms with E-state index in [0.717, 1.165) is 19.3 Å². The van der Waals surface area contributed by atoms with Crippen LogP contribution in [0, 0.1) is 27.6 Å². The van der Waals surface area contributed by atoms with Crippen molar-refractivity contribution in [2.24, 2.45) is 16.5 Å². The normalized spacial score (nSPS) is 31.7. The van der Waals surface area contributed by atoms with Gasteiger partial charge in [-0.2, -0.15) is 5.26 Å². The number of carbonyl (C=O) groups is 2. The number of nitrogens with zero attached hydrogens (tertiary/aromatic N) is 2. The van der Waals surface area contributed by atoms with Gasteiger partial charge in [0.25, 0.3) is 5.91 Å². The first-order valence-electron chi connectivity index (χ1n) is 5.72. The molecular formula is C11H13N3O3. The Bertz CT molecular complexity index is 407. The number of nitroso groups, excluding NO2 is 1. The van der Waals surface area contributed by atoms with Crippen LogP contribution in [0.2, 0.25) is 0 Å². The monoisotopic (exact) mass is 235 g/mol. The topological polar surface area (TPSA) is 99.4 Å². The summed E-state index contributed by atoms with van der Waals surface area (Å²) in [7, 11) is 0. The van der Waals surface area contributed by atoms with Crippen LogP contribution in [0.5, 0.6) is 0 Å². The van der Waals surface area contributed by atoms with Crippen molar-refractivity contribution in [2.45, 2.75) is 38.1 Å². The van der Waals surface area contributed by atoms with Crippen LogP contribution in [-0.4, -0.2) is 17.9 Å². The summed E-state index contributed by atoms with van der Waals surface area (Å²) in [6.45, 7) is 0. The van der Waals surface area contributed by atoms with E-state index in [1.807, 2.05) is 6.07 Å². The lowest BCUT2D eigenvalue weighted by molar-refractivity contribution is -0.144. The number of hydrogen-bond acceptors (Lipinski definition) is 5. The van der Waals surface area contributed by atoms with E-state index >= 15 is 0 Å². The molecule has 90 valence electrons. The molecule has 2 unspecified atom stereocenters. The Morgan fingerprint density at radius 1 is 1.24 bits per heavy atom. The first-order chi connectivity index (χ1) is 8.15. The van der Waals surface area contributed by atoms with Crippen molar-refractivity contribution in [2.75, 3.05) is 0 Å². The number of nitrogens with one attached hydrogen (secondary N) is 1. The number of hydrogen-bond donors (Lipinski definition) is 1. The number of nitriles is 1. The Morgan fingerprint density at radius 3 is 2.41 bits per heavy atom. The standard InChI is InChI=1S/C11H13N3O3/c12-6-7-9(15)13-10(16)8(14-17)11(7)4-2-1-3-5-11/h7-8H,1-5H2,(H,13,15,16). The molecular weight excluding hydrogens is 222 g/mol. The zero-order chi connectivity index (χ0) is 12.5. The lowest BCUT2D eigenvalue weighted by atomic mass is 9.60. The van der Waals surface area contributed by atoms with E-state index in [1.165, 1.54) is 0 Å². The van der Waals surface area contributed by atoms with E-state index in [4.69, 9.17) is 5.26 Å². The molecule has 0 aromatic rings. The van der Waals surface area contributed by atoms with E-state index < -0.39 is 29.2 Å². The molecule has 0 radical (unpaired) electrons. The first-order valence-corrected chi connectivity index (χ1v) is 5.72. The maximum atomic E-state index is 11.7. The molecule has 1 N–H and O–H groups in total. The minimum absolute atomic E-state index is 0.542. The van der Waals surface area contributed by atoms with Crippen molar-refractivity contribution in [1.29, 1.82) is 5.26 Å². The average Bonchev–Trinajstić information content (AvgIpc) is 2.30. The van der Waals surface area contributed by atoms with E-state index in [-0.39, 0.29) is 0 Å². The molecule has 0 aromatic heterocycles. The first kappa shape index (κ1) is 11.7. The minimum atomic E-state index is -1.11. The maximum Gasteiger partial charge on any atom is 0.255 e. The number of rotatable bonds is 1. The smallest absolute Gasteiger partial charge is 0.255 e. The molecule has 2 rings (SSSR count). The second-order valence-corrected chi connectivity index (χ2v) is 4.72. The molecule has 6 nitrogen and oxygen atoms in total. The van der Waals surface area contributed by atoms with Gasteiger partial charge >= 0.3 is 0 Å². The third-order valence-corrected chi connectivity index (χ3v) is 3.90. The summed E-state index contributed by atoms with van der Waals surface area (Å²) in [4.78, 5) is 34.2. The zero-order valence-electron chi connectivity index (χ0n) is 9.31. The molecule has 0 aromatic carbocycles. The van der Waals surface area contributed by atoms with Gasteiger partial charge in [0, 0.05) is 5.41 Å². The number of piperidine rings is 1. The molecule has 1 spiro atoms. The molecule has 0 bridgehead atoms. The van der Waals surface area contributed by atoms with Crippen LogP contribution in [0.3, 0.4) is 0 Å². The van der Waals surface area contributed by atoms with E-state index in [1.54, 1.807) is 0 Å². The van der Waals surface area contributed by atoms with Gasteiger partial charge in [-0.25, -0.2) is 0 Å². The number of imide groups is 1. The molecule has 2 amide bonds. The predicted molar refractivity (Wildman–Crippen MR) is 57.4 cm³/mol. The van der Waals surface area contributed by atoms with Crippen molar-refractivity contribution in [1.82, 2.24) is 5.32 Å². The van der Waals surface area contributed by atoms with Crippen LogP contribution in [0.25, 0.3) is 0 Å². The van der Waals surface area contributed by atoms with Crippen molar-refractivity contribution < 1.29 is 9.59 Å². The van der Waals surface area contributed by atoms with E-state index in [0.29, 0.717) is 12.8 Å². The summed E-state index contributed by atoms with van der Waals surface area (Å²) in [5.74, 6) is -2.18. The summed E-state index contributed by atoms with van der Waals surface area (Å²) >= 11 is 0. The molecule has 2 aliphatic rings. The molecule has 1 aliphatic heterocycles. The van der Waals surface area contributed by atoms with Crippen LogP contribution in [0.15, 0.2) is 5.18 Å². The third kappa shape index (κ3) is 1.62. The summed E-state index contributed by atoms with van der Waals surface area (Å²) in [5.41, 5.74) is -0.867. The zero-order valence-corrected chi connectivity index (χ0v) is 9.31. The Hall–Kier alpha value is -1.77. The van der Waals surface area contributed by atoms with Crippen LogP contribution >= 0.6 is 0 Å². The van der Waals surface area contributed by atoms with Gasteiger partial charge in [-0.1, -0.05) is 24.4 Å². The highest BCUT2D eigenvalue weighted by atomic mass is 16.3. The molecule has 17 heavy (non-hydrogen) atoms. The lowest BCUT2D eigenvalue weighted by Crippen LogP contribution is -2.60. The van der Waals surface area contributed by atoms with Crippen LogP contribution < -0.4 is 5.32 Å². The Kier molecular flexibility index (Phi) is 2.92. The van der Waals surface area contributed by atoms with Crippen LogP contribution in [0.1, 0.15) is 32.1 Å². The van der Waals surface area contributed by atoms with Gasteiger partial charge in [-0.3, -0.25) is 14.9 Å². The second-order valence-electron chi connectivity index (χ2n) is 4.72. The van der Waals surface area contributed by atoms with Crippen molar-refractivity contribution in [3.05, 3.63) is 4.91 Å². The number of carbonyl (C=O) groups excluding carboxylic acids is 2. The fraction of sp³-hybridized carbons (Fsp3) is 0.727. The highest BCUT2D eigenvalue weighted by molar-refractivity contribution is 6.03. The lowest BCUT2D eigenvalue weighted by Gasteiger charge is -2.44. The van der Waals surface area contributed by atoms with Crippen molar-refractivity contribution >= 4 is 11.8 Å². The van der Waals surface area contributed by atoms with Gasteiger partial charge in [0.1, 0.15) is 5.92 Å². The fourth-order valence-electron chi connectivity index (χ4n) is 3.05. The van der Waals surface area contributed by atoms with Crippen LogP contribution in [0.4, 0.5) is 0 Å². The van der Waals surface area contributed by atoms with Crippen LogP contribution in [-0.2, 0) is 9.59 Å². The quantitative estimate of drug-likeness (QED) is 0.538. The van der Waals surface area contributed by atoms with Gasteiger partial charge in [-0.05, 0) is 12.8 Å². The highest BCUT2D eigenvalue weighted by Gasteiger charge is 2.57. The number of amides is 2. The summed E-state index contributed by atoms with van der Waals surface area (Å²) in [5, 5.41) is 14.0. The maximum absolute atomic E-state index is 11.7. The molecule has 1 saturated heterocycles. The van der Waals surface area contributed by atoms with Gasteiger partial charge in [0.05, 0.1) is 6.07 Å². The highest BCUT2D eigenvalue weighted by Crippen LogP contribution is 2.48. The van der Waals surface area contributed by atoms with Gasteiger partial charge in [-0.15, -0.1) is 4.91 Å². The molecule has 1 aliphatic carbocycles. The van der Waals surface area contributed by atoms with Crippen molar-refractivity contribution in [3.8, 4) is 6.07 Å². The minimum Gasteiger partial charge on any atom is -0.293 e.